The van der Waals surface area contributed by atoms with Crippen molar-refractivity contribution in [2.75, 3.05) is 13.1 Å². The van der Waals surface area contributed by atoms with Crippen molar-refractivity contribution in [3.63, 3.8) is 0 Å². The molecule has 0 heterocycles. The van der Waals surface area contributed by atoms with Crippen molar-refractivity contribution in [3.8, 4) is 0 Å². The zero-order valence-electron chi connectivity index (χ0n) is 12.7. The molecule has 1 aliphatic rings. The second kappa shape index (κ2) is 6.40. The summed E-state index contributed by atoms with van der Waals surface area (Å²) in [6, 6.07) is 9.01. The van der Waals surface area contributed by atoms with Crippen LogP contribution in [0.5, 0.6) is 0 Å². The molecule has 0 bridgehead atoms. The highest BCUT2D eigenvalue weighted by molar-refractivity contribution is 5.69. The standard InChI is InChI=1S/C17H25NO2/c1-4-18(11-13(3)17(19)20)16-10-9-12(2)14-7-5-6-8-15(14)16/h5-8,12-13,16H,4,9-11H2,1-3H3,(H,19,20). The molecule has 0 aromatic heterocycles. The molecule has 1 aliphatic carbocycles. The van der Waals surface area contributed by atoms with Gasteiger partial charge in [0, 0.05) is 12.6 Å². The topological polar surface area (TPSA) is 40.5 Å². The van der Waals surface area contributed by atoms with Crippen LogP contribution in [0, 0.1) is 5.92 Å². The van der Waals surface area contributed by atoms with E-state index in [-0.39, 0.29) is 5.92 Å². The third kappa shape index (κ3) is 3.04. The average Bonchev–Trinajstić information content (AvgIpc) is 2.45. The summed E-state index contributed by atoms with van der Waals surface area (Å²) in [6.07, 6.45) is 2.30. The van der Waals surface area contributed by atoms with Gasteiger partial charge in [-0.25, -0.2) is 0 Å². The average molecular weight is 275 g/mol. The lowest BCUT2D eigenvalue weighted by atomic mass is 9.80. The second-order valence-electron chi connectivity index (χ2n) is 5.95. The van der Waals surface area contributed by atoms with Gasteiger partial charge in [-0.2, -0.15) is 0 Å². The highest BCUT2D eigenvalue weighted by Gasteiger charge is 2.29. The summed E-state index contributed by atoms with van der Waals surface area (Å²) in [5.41, 5.74) is 2.83. The Morgan fingerprint density at radius 3 is 2.60 bits per heavy atom. The van der Waals surface area contributed by atoms with E-state index in [1.807, 2.05) is 0 Å². The number of carbonyl (C=O) groups is 1. The summed E-state index contributed by atoms with van der Waals surface area (Å²) >= 11 is 0. The molecule has 3 nitrogen and oxygen atoms in total. The molecule has 2 rings (SSSR count). The van der Waals surface area contributed by atoms with Gasteiger partial charge in [0.15, 0.2) is 0 Å². The second-order valence-corrected chi connectivity index (χ2v) is 5.95. The molecular weight excluding hydrogens is 250 g/mol. The zero-order chi connectivity index (χ0) is 14.7. The van der Waals surface area contributed by atoms with E-state index >= 15 is 0 Å². The Hall–Kier alpha value is -1.35. The van der Waals surface area contributed by atoms with Gasteiger partial charge in [0.05, 0.1) is 5.92 Å². The highest BCUT2D eigenvalue weighted by atomic mass is 16.4. The molecule has 0 aliphatic heterocycles. The predicted octanol–water partition coefficient (Wildman–Crippen LogP) is 3.67. The Morgan fingerprint density at radius 1 is 1.35 bits per heavy atom. The van der Waals surface area contributed by atoms with Crippen molar-refractivity contribution in [2.45, 2.75) is 45.6 Å². The molecule has 110 valence electrons. The van der Waals surface area contributed by atoms with Crippen LogP contribution in [0.4, 0.5) is 0 Å². The fraction of sp³-hybridized carbons (Fsp3) is 0.588. The van der Waals surface area contributed by atoms with E-state index in [0.29, 0.717) is 18.5 Å². The monoisotopic (exact) mass is 275 g/mol. The predicted molar refractivity (Wildman–Crippen MR) is 80.9 cm³/mol. The first-order valence-electron chi connectivity index (χ1n) is 7.60. The number of carboxylic acid groups (broad SMARTS) is 1. The molecule has 3 heteroatoms. The fourth-order valence-corrected chi connectivity index (χ4v) is 3.27. The minimum Gasteiger partial charge on any atom is -0.481 e. The number of rotatable bonds is 5. The zero-order valence-corrected chi connectivity index (χ0v) is 12.7. The number of benzene rings is 1. The maximum atomic E-state index is 11.1. The van der Waals surface area contributed by atoms with Crippen molar-refractivity contribution < 1.29 is 9.90 Å². The largest absolute Gasteiger partial charge is 0.481 e. The molecule has 0 saturated carbocycles. The molecule has 0 fully saturated rings. The molecule has 20 heavy (non-hydrogen) atoms. The van der Waals surface area contributed by atoms with Crippen LogP contribution in [-0.4, -0.2) is 29.1 Å². The van der Waals surface area contributed by atoms with E-state index in [9.17, 15) is 4.79 Å². The third-order valence-electron chi connectivity index (χ3n) is 4.54. The van der Waals surface area contributed by atoms with E-state index in [1.54, 1.807) is 6.92 Å². The molecule has 0 amide bonds. The molecule has 1 N–H and O–H groups in total. The van der Waals surface area contributed by atoms with Crippen LogP contribution < -0.4 is 0 Å². The van der Waals surface area contributed by atoms with Crippen LogP contribution >= 0.6 is 0 Å². The maximum absolute atomic E-state index is 11.1. The summed E-state index contributed by atoms with van der Waals surface area (Å²) in [5.74, 6) is -0.416. The van der Waals surface area contributed by atoms with Crippen LogP contribution in [0.2, 0.25) is 0 Å². The van der Waals surface area contributed by atoms with Crippen molar-refractivity contribution in [1.82, 2.24) is 4.90 Å². The molecule has 3 unspecified atom stereocenters. The lowest BCUT2D eigenvalue weighted by Gasteiger charge is -2.38. The van der Waals surface area contributed by atoms with Gasteiger partial charge in [-0.1, -0.05) is 45.0 Å². The van der Waals surface area contributed by atoms with E-state index < -0.39 is 5.97 Å². The fourth-order valence-electron chi connectivity index (χ4n) is 3.27. The van der Waals surface area contributed by atoms with Crippen LogP contribution in [0.15, 0.2) is 24.3 Å². The van der Waals surface area contributed by atoms with Crippen LogP contribution in [0.1, 0.15) is 56.7 Å². The third-order valence-corrected chi connectivity index (χ3v) is 4.54. The first kappa shape index (κ1) is 15.0. The molecular formula is C17H25NO2. The summed E-state index contributed by atoms with van der Waals surface area (Å²) < 4.78 is 0. The number of hydrogen-bond donors (Lipinski definition) is 1. The SMILES string of the molecule is CCN(CC(C)C(=O)O)C1CCC(C)c2ccccc21. The van der Waals surface area contributed by atoms with E-state index in [1.165, 1.54) is 17.5 Å². The first-order chi connectivity index (χ1) is 9.54. The van der Waals surface area contributed by atoms with Gasteiger partial charge >= 0.3 is 5.97 Å². The molecule has 1 aromatic rings. The van der Waals surface area contributed by atoms with Gasteiger partial charge in [0.1, 0.15) is 0 Å². The van der Waals surface area contributed by atoms with Gasteiger partial charge in [0.2, 0.25) is 0 Å². The van der Waals surface area contributed by atoms with Crippen LogP contribution in [-0.2, 0) is 4.79 Å². The first-order valence-corrected chi connectivity index (χ1v) is 7.60. The summed E-state index contributed by atoms with van der Waals surface area (Å²) in [5, 5.41) is 9.14. The smallest absolute Gasteiger partial charge is 0.307 e. The molecule has 0 saturated heterocycles. The van der Waals surface area contributed by atoms with E-state index in [2.05, 4.69) is 43.0 Å². The summed E-state index contributed by atoms with van der Waals surface area (Å²) in [4.78, 5) is 13.4. The lowest BCUT2D eigenvalue weighted by Crippen LogP contribution is -2.36. The van der Waals surface area contributed by atoms with Crippen molar-refractivity contribution in [2.24, 2.45) is 5.92 Å². The molecule has 0 spiro atoms. The Labute approximate surface area is 121 Å². The lowest BCUT2D eigenvalue weighted by molar-refractivity contribution is -0.142. The van der Waals surface area contributed by atoms with Gasteiger partial charge in [-0.15, -0.1) is 0 Å². The number of nitrogens with zero attached hydrogens (tertiary/aromatic N) is 1. The van der Waals surface area contributed by atoms with Crippen molar-refractivity contribution in [3.05, 3.63) is 35.4 Å². The van der Waals surface area contributed by atoms with Gasteiger partial charge in [-0.3, -0.25) is 9.69 Å². The van der Waals surface area contributed by atoms with Crippen molar-refractivity contribution >= 4 is 5.97 Å². The normalized spacial score (nSPS) is 23.4. The van der Waals surface area contributed by atoms with E-state index in [4.69, 9.17) is 5.11 Å². The highest BCUT2D eigenvalue weighted by Crippen LogP contribution is 2.40. The minimum absolute atomic E-state index is 0.318. The quantitative estimate of drug-likeness (QED) is 0.891. The number of hydrogen-bond acceptors (Lipinski definition) is 2. The number of fused-ring (bicyclic) bond motifs is 1. The van der Waals surface area contributed by atoms with Gasteiger partial charge < -0.3 is 5.11 Å². The Balaban J connectivity index is 2.23. The van der Waals surface area contributed by atoms with Gasteiger partial charge in [-0.05, 0) is 36.4 Å². The molecule has 1 aromatic carbocycles. The Kier molecular flexibility index (Phi) is 4.81. The van der Waals surface area contributed by atoms with Gasteiger partial charge in [0.25, 0.3) is 0 Å². The maximum Gasteiger partial charge on any atom is 0.307 e. The molecule has 0 radical (unpaired) electrons. The van der Waals surface area contributed by atoms with Crippen molar-refractivity contribution in [1.29, 1.82) is 0 Å². The summed E-state index contributed by atoms with van der Waals surface area (Å²) in [7, 11) is 0. The number of carboxylic acids is 1. The Morgan fingerprint density at radius 2 is 2.00 bits per heavy atom. The van der Waals surface area contributed by atoms with Crippen LogP contribution in [0.3, 0.4) is 0 Å². The Bertz CT molecular complexity index is 472. The van der Waals surface area contributed by atoms with E-state index in [0.717, 1.165) is 13.0 Å². The molecule has 3 atom stereocenters. The summed E-state index contributed by atoms with van der Waals surface area (Å²) in [6.45, 7) is 7.72. The minimum atomic E-state index is -0.707. The number of aliphatic carboxylic acids is 1. The van der Waals surface area contributed by atoms with Crippen LogP contribution in [0.25, 0.3) is 0 Å².